The van der Waals surface area contributed by atoms with Gasteiger partial charge in [0, 0.05) is 5.38 Å². The number of aromatic carboxylic acids is 1. The quantitative estimate of drug-likeness (QED) is 0.788. The summed E-state index contributed by atoms with van der Waals surface area (Å²) in [4.78, 5) is 14.6. The SMILES string of the molecule is CC(C)(C)C(N)c1nc(C(=O)O)cs1. The molecule has 0 spiro atoms. The Morgan fingerprint density at radius 2 is 2.21 bits per heavy atom. The summed E-state index contributed by atoms with van der Waals surface area (Å²) < 4.78 is 0. The van der Waals surface area contributed by atoms with Crippen LogP contribution in [-0.2, 0) is 0 Å². The van der Waals surface area contributed by atoms with Gasteiger partial charge in [-0.15, -0.1) is 11.3 Å². The highest BCUT2D eigenvalue weighted by atomic mass is 32.1. The van der Waals surface area contributed by atoms with Gasteiger partial charge in [0.15, 0.2) is 5.69 Å². The van der Waals surface area contributed by atoms with Crippen LogP contribution >= 0.6 is 11.3 Å². The van der Waals surface area contributed by atoms with E-state index in [1.54, 1.807) is 0 Å². The molecule has 4 nitrogen and oxygen atoms in total. The van der Waals surface area contributed by atoms with E-state index in [1.807, 2.05) is 20.8 Å². The second-order valence-corrected chi connectivity index (χ2v) is 5.11. The highest BCUT2D eigenvalue weighted by Gasteiger charge is 2.25. The lowest BCUT2D eigenvalue weighted by Crippen LogP contribution is -2.26. The van der Waals surface area contributed by atoms with Crippen molar-refractivity contribution in [1.29, 1.82) is 0 Å². The summed E-state index contributed by atoms with van der Waals surface area (Å²) in [5, 5.41) is 10.9. The third-order valence-corrected chi connectivity index (χ3v) is 2.87. The Morgan fingerprint density at radius 3 is 2.57 bits per heavy atom. The monoisotopic (exact) mass is 214 g/mol. The summed E-state index contributed by atoms with van der Waals surface area (Å²) in [6, 6.07) is -0.222. The summed E-state index contributed by atoms with van der Waals surface area (Å²) in [5.41, 5.74) is 5.91. The summed E-state index contributed by atoms with van der Waals surface area (Å²) in [6.45, 7) is 6.00. The van der Waals surface area contributed by atoms with Crippen molar-refractivity contribution in [3.63, 3.8) is 0 Å². The molecule has 0 aromatic carbocycles. The Labute approximate surface area is 86.8 Å². The number of thiazole rings is 1. The van der Waals surface area contributed by atoms with Gasteiger partial charge in [-0.2, -0.15) is 0 Å². The molecular formula is C9H14N2O2S. The van der Waals surface area contributed by atoms with E-state index in [9.17, 15) is 4.79 Å². The summed E-state index contributed by atoms with van der Waals surface area (Å²) in [6.07, 6.45) is 0. The molecule has 14 heavy (non-hydrogen) atoms. The molecule has 1 atom stereocenters. The summed E-state index contributed by atoms with van der Waals surface area (Å²) in [7, 11) is 0. The number of aromatic nitrogens is 1. The average molecular weight is 214 g/mol. The molecule has 5 heteroatoms. The molecule has 3 N–H and O–H groups in total. The molecule has 1 aromatic rings. The van der Waals surface area contributed by atoms with Crippen LogP contribution in [0.2, 0.25) is 0 Å². The summed E-state index contributed by atoms with van der Waals surface area (Å²) in [5.74, 6) is -1.01. The minimum atomic E-state index is -1.01. The first kappa shape index (κ1) is 11.1. The van der Waals surface area contributed by atoms with Crippen LogP contribution in [0, 0.1) is 5.41 Å². The molecule has 1 unspecified atom stereocenters. The maximum absolute atomic E-state index is 10.6. The van der Waals surface area contributed by atoms with Gasteiger partial charge in [0.1, 0.15) is 5.01 Å². The number of nitrogens with zero attached hydrogens (tertiary/aromatic N) is 1. The smallest absolute Gasteiger partial charge is 0.355 e. The third kappa shape index (κ3) is 2.30. The lowest BCUT2D eigenvalue weighted by atomic mass is 9.88. The van der Waals surface area contributed by atoms with Crippen molar-refractivity contribution in [2.24, 2.45) is 11.1 Å². The molecule has 0 saturated carbocycles. The van der Waals surface area contributed by atoms with E-state index in [1.165, 1.54) is 16.7 Å². The van der Waals surface area contributed by atoms with E-state index in [-0.39, 0.29) is 17.2 Å². The van der Waals surface area contributed by atoms with Gasteiger partial charge in [-0.05, 0) is 5.41 Å². The molecule has 1 rings (SSSR count). The van der Waals surface area contributed by atoms with E-state index in [2.05, 4.69) is 4.98 Å². The van der Waals surface area contributed by atoms with Crippen molar-refractivity contribution in [1.82, 2.24) is 4.98 Å². The first-order valence-electron chi connectivity index (χ1n) is 4.26. The van der Waals surface area contributed by atoms with Gasteiger partial charge in [0.25, 0.3) is 0 Å². The van der Waals surface area contributed by atoms with Crippen molar-refractivity contribution >= 4 is 17.3 Å². The highest BCUT2D eigenvalue weighted by molar-refractivity contribution is 7.09. The Bertz CT molecular complexity index is 341. The maximum Gasteiger partial charge on any atom is 0.355 e. The van der Waals surface area contributed by atoms with Gasteiger partial charge in [0.05, 0.1) is 6.04 Å². The lowest BCUT2D eigenvalue weighted by molar-refractivity contribution is 0.0691. The van der Waals surface area contributed by atoms with E-state index >= 15 is 0 Å². The van der Waals surface area contributed by atoms with Gasteiger partial charge in [-0.25, -0.2) is 9.78 Å². The first-order chi connectivity index (χ1) is 6.32. The zero-order valence-electron chi connectivity index (χ0n) is 8.44. The van der Waals surface area contributed by atoms with Crippen molar-refractivity contribution in [2.75, 3.05) is 0 Å². The zero-order chi connectivity index (χ0) is 10.9. The van der Waals surface area contributed by atoms with Gasteiger partial charge in [0.2, 0.25) is 0 Å². The second kappa shape index (κ2) is 3.67. The number of carboxylic acids is 1. The average Bonchev–Trinajstić information content (AvgIpc) is 2.48. The Balaban J connectivity index is 2.92. The van der Waals surface area contributed by atoms with Gasteiger partial charge in [-0.1, -0.05) is 20.8 Å². The number of carboxylic acid groups (broad SMARTS) is 1. The highest BCUT2D eigenvalue weighted by Crippen LogP contribution is 2.31. The zero-order valence-corrected chi connectivity index (χ0v) is 9.26. The van der Waals surface area contributed by atoms with E-state index in [4.69, 9.17) is 10.8 Å². The number of hydrogen-bond donors (Lipinski definition) is 2. The minimum absolute atomic E-state index is 0.0738. The Morgan fingerprint density at radius 1 is 1.64 bits per heavy atom. The largest absolute Gasteiger partial charge is 0.476 e. The predicted octanol–water partition coefficient (Wildman–Crippen LogP) is 1.89. The van der Waals surface area contributed by atoms with Gasteiger partial charge >= 0.3 is 5.97 Å². The number of hydrogen-bond acceptors (Lipinski definition) is 4. The standard InChI is InChI=1S/C9H14N2O2S/c1-9(2,3)6(10)7-11-5(4-14-7)8(12)13/h4,6H,10H2,1-3H3,(H,12,13). The molecule has 0 bridgehead atoms. The molecule has 0 aliphatic rings. The number of carbonyl (C=O) groups is 1. The Kier molecular flexibility index (Phi) is 2.92. The first-order valence-corrected chi connectivity index (χ1v) is 5.14. The summed E-state index contributed by atoms with van der Waals surface area (Å²) >= 11 is 1.30. The maximum atomic E-state index is 10.6. The Hall–Kier alpha value is -0.940. The van der Waals surface area contributed by atoms with Crippen LogP contribution in [0.3, 0.4) is 0 Å². The predicted molar refractivity (Wildman–Crippen MR) is 55.5 cm³/mol. The van der Waals surface area contributed by atoms with Crippen LogP contribution in [-0.4, -0.2) is 16.1 Å². The van der Waals surface area contributed by atoms with E-state index < -0.39 is 5.97 Å². The molecule has 0 amide bonds. The van der Waals surface area contributed by atoms with Crippen LogP contribution in [0.25, 0.3) is 0 Å². The molecule has 0 aliphatic heterocycles. The lowest BCUT2D eigenvalue weighted by Gasteiger charge is -2.24. The molecule has 1 aromatic heterocycles. The molecule has 78 valence electrons. The fourth-order valence-corrected chi connectivity index (χ4v) is 1.94. The van der Waals surface area contributed by atoms with Gasteiger partial charge < -0.3 is 10.8 Å². The number of rotatable bonds is 2. The third-order valence-electron chi connectivity index (χ3n) is 1.94. The van der Waals surface area contributed by atoms with Crippen LogP contribution < -0.4 is 5.73 Å². The van der Waals surface area contributed by atoms with Gasteiger partial charge in [-0.3, -0.25) is 0 Å². The van der Waals surface area contributed by atoms with E-state index in [0.29, 0.717) is 5.01 Å². The molecule has 0 aliphatic carbocycles. The topological polar surface area (TPSA) is 76.2 Å². The number of nitrogens with two attached hydrogens (primary N) is 1. The van der Waals surface area contributed by atoms with Crippen LogP contribution in [0.5, 0.6) is 0 Å². The molecule has 0 saturated heterocycles. The molecule has 0 fully saturated rings. The van der Waals surface area contributed by atoms with Crippen molar-refractivity contribution in [3.8, 4) is 0 Å². The molecule has 0 radical (unpaired) electrons. The molecular weight excluding hydrogens is 200 g/mol. The molecule has 1 heterocycles. The van der Waals surface area contributed by atoms with Crippen molar-refractivity contribution in [3.05, 3.63) is 16.1 Å². The van der Waals surface area contributed by atoms with Crippen LogP contribution in [0.15, 0.2) is 5.38 Å². The van der Waals surface area contributed by atoms with E-state index in [0.717, 1.165) is 0 Å². The normalized spacial score (nSPS) is 14.0. The van der Waals surface area contributed by atoms with Crippen molar-refractivity contribution in [2.45, 2.75) is 26.8 Å². The van der Waals surface area contributed by atoms with Crippen molar-refractivity contribution < 1.29 is 9.90 Å². The fourth-order valence-electron chi connectivity index (χ4n) is 0.899. The van der Waals surface area contributed by atoms with Crippen LogP contribution in [0.1, 0.15) is 42.3 Å². The second-order valence-electron chi connectivity index (χ2n) is 4.22. The van der Waals surface area contributed by atoms with Crippen LogP contribution in [0.4, 0.5) is 0 Å². The minimum Gasteiger partial charge on any atom is -0.476 e. The fraction of sp³-hybridized carbons (Fsp3) is 0.556.